The zero-order valence-electron chi connectivity index (χ0n) is 13.8. The molecule has 0 fully saturated rings. The molecule has 1 N–H and O–H groups in total. The highest BCUT2D eigenvalue weighted by atomic mass is 32.2. The van der Waals surface area contributed by atoms with Gasteiger partial charge in [0.2, 0.25) is 5.91 Å². The normalized spacial score (nSPS) is 15.4. The summed E-state index contributed by atoms with van der Waals surface area (Å²) >= 11 is 1.55. The largest absolute Gasteiger partial charge is 0.486 e. The molecule has 0 aliphatic carbocycles. The second kappa shape index (κ2) is 7.62. The van der Waals surface area contributed by atoms with Crippen LogP contribution in [0.2, 0.25) is 0 Å². The van der Waals surface area contributed by atoms with Gasteiger partial charge in [0.25, 0.3) is 0 Å². The molecule has 1 amide bonds. The standard InChI is InChI=1S/C19H21NO3S/c1-13(15-8-9-17-18(12-15)23-11-10-22-17)20-19(21)14(2)24-16-6-4-3-5-7-16/h3-9,12-14H,10-11H2,1-2H3,(H,20,21). The molecule has 0 spiro atoms. The maximum atomic E-state index is 12.4. The number of hydrogen-bond acceptors (Lipinski definition) is 4. The van der Waals surface area contributed by atoms with Gasteiger partial charge < -0.3 is 14.8 Å². The first-order chi connectivity index (χ1) is 11.6. The molecule has 0 bridgehead atoms. The van der Waals surface area contributed by atoms with Gasteiger partial charge in [-0.2, -0.15) is 0 Å². The number of amides is 1. The third-order valence-corrected chi connectivity index (χ3v) is 4.96. The van der Waals surface area contributed by atoms with Crippen molar-refractivity contribution in [3.8, 4) is 11.5 Å². The third kappa shape index (κ3) is 4.03. The monoisotopic (exact) mass is 343 g/mol. The van der Waals surface area contributed by atoms with Gasteiger partial charge in [-0.3, -0.25) is 4.79 Å². The summed E-state index contributed by atoms with van der Waals surface area (Å²) in [6.07, 6.45) is 0. The minimum Gasteiger partial charge on any atom is -0.486 e. The highest BCUT2D eigenvalue weighted by molar-refractivity contribution is 8.00. The summed E-state index contributed by atoms with van der Waals surface area (Å²) in [5.41, 5.74) is 1.00. The third-order valence-electron chi connectivity index (χ3n) is 3.85. The maximum Gasteiger partial charge on any atom is 0.233 e. The lowest BCUT2D eigenvalue weighted by Gasteiger charge is -2.22. The molecule has 2 unspecified atom stereocenters. The first kappa shape index (κ1) is 16.7. The highest BCUT2D eigenvalue weighted by Crippen LogP contribution is 2.32. The molecular formula is C19H21NO3S. The van der Waals surface area contributed by atoms with Crippen LogP contribution in [0.5, 0.6) is 11.5 Å². The molecular weight excluding hydrogens is 322 g/mol. The van der Waals surface area contributed by atoms with Crippen LogP contribution < -0.4 is 14.8 Å². The Hall–Kier alpha value is -2.14. The smallest absolute Gasteiger partial charge is 0.233 e. The van der Waals surface area contributed by atoms with Gasteiger partial charge in [-0.25, -0.2) is 0 Å². The van der Waals surface area contributed by atoms with E-state index in [1.807, 2.05) is 62.4 Å². The van der Waals surface area contributed by atoms with E-state index in [0.717, 1.165) is 22.0 Å². The number of nitrogens with one attached hydrogen (secondary N) is 1. The predicted octanol–water partition coefficient (Wildman–Crippen LogP) is 3.82. The molecule has 2 atom stereocenters. The van der Waals surface area contributed by atoms with Crippen LogP contribution in [-0.4, -0.2) is 24.4 Å². The fourth-order valence-electron chi connectivity index (χ4n) is 2.50. The zero-order chi connectivity index (χ0) is 16.9. The topological polar surface area (TPSA) is 47.6 Å². The van der Waals surface area contributed by atoms with Crippen LogP contribution in [-0.2, 0) is 4.79 Å². The van der Waals surface area contributed by atoms with Crippen molar-refractivity contribution in [2.75, 3.05) is 13.2 Å². The fraction of sp³-hybridized carbons (Fsp3) is 0.316. The Labute approximate surface area is 146 Å². The van der Waals surface area contributed by atoms with Crippen molar-refractivity contribution in [2.45, 2.75) is 30.0 Å². The zero-order valence-corrected chi connectivity index (χ0v) is 14.6. The number of rotatable bonds is 5. The molecule has 4 nitrogen and oxygen atoms in total. The molecule has 0 saturated heterocycles. The van der Waals surface area contributed by atoms with Gasteiger partial charge in [0.15, 0.2) is 11.5 Å². The van der Waals surface area contributed by atoms with E-state index in [1.165, 1.54) is 0 Å². The van der Waals surface area contributed by atoms with Crippen LogP contribution >= 0.6 is 11.8 Å². The molecule has 5 heteroatoms. The van der Waals surface area contributed by atoms with Gasteiger partial charge in [0, 0.05) is 4.90 Å². The highest BCUT2D eigenvalue weighted by Gasteiger charge is 2.19. The van der Waals surface area contributed by atoms with E-state index in [0.29, 0.717) is 13.2 Å². The molecule has 3 rings (SSSR count). The summed E-state index contributed by atoms with van der Waals surface area (Å²) in [7, 11) is 0. The van der Waals surface area contributed by atoms with Gasteiger partial charge in [-0.05, 0) is 43.7 Å². The lowest BCUT2D eigenvalue weighted by Crippen LogP contribution is -2.33. The molecule has 1 aliphatic heterocycles. The van der Waals surface area contributed by atoms with Crippen molar-refractivity contribution in [1.29, 1.82) is 0 Å². The van der Waals surface area contributed by atoms with E-state index in [9.17, 15) is 4.79 Å². The lowest BCUT2D eigenvalue weighted by atomic mass is 10.1. The number of carbonyl (C=O) groups excluding carboxylic acids is 1. The quantitative estimate of drug-likeness (QED) is 0.839. The second-order valence-electron chi connectivity index (χ2n) is 5.71. The minimum absolute atomic E-state index is 0.0197. The van der Waals surface area contributed by atoms with E-state index in [2.05, 4.69) is 5.32 Å². The van der Waals surface area contributed by atoms with E-state index < -0.39 is 0 Å². The Morgan fingerprint density at radius 3 is 2.50 bits per heavy atom. The van der Waals surface area contributed by atoms with Crippen LogP contribution in [0.4, 0.5) is 0 Å². The summed E-state index contributed by atoms with van der Waals surface area (Å²) < 4.78 is 11.1. The van der Waals surface area contributed by atoms with Crippen LogP contribution in [0.25, 0.3) is 0 Å². The molecule has 0 aromatic heterocycles. The number of hydrogen-bond donors (Lipinski definition) is 1. The SMILES string of the molecule is CC(Sc1ccccc1)C(=O)NC(C)c1ccc2c(c1)OCCO2. The second-order valence-corrected chi connectivity index (χ2v) is 7.12. The molecule has 24 heavy (non-hydrogen) atoms. The molecule has 2 aromatic carbocycles. The lowest BCUT2D eigenvalue weighted by molar-refractivity contribution is -0.120. The fourth-order valence-corrected chi connectivity index (χ4v) is 3.40. The maximum absolute atomic E-state index is 12.4. The molecule has 1 heterocycles. The first-order valence-electron chi connectivity index (χ1n) is 8.05. The van der Waals surface area contributed by atoms with Crippen molar-refractivity contribution < 1.29 is 14.3 Å². The van der Waals surface area contributed by atoms with E-state index in [1.54, 1.807) is 11.8 Å². The average molecular weight is 343 g/mol. The Bertz CT molecular complexity index is 705. The van der Waals surface area contributed by atoms with Crippen molar-refractivity contribution in [3.05, 3.63) is 54.1 Å². The minimum atomic E-state index is -0.160. The summed E-state index contributed by atoms with van der Waals surface area (Å²) in [5, 5.41) is 2.91. The van der Waals surface area contributed by atoms with Gasteiger partial charge >= 0.3 is 0 Å². The van der Waals surface area contributed by atoms with Crippen LogP contribution in [0.15, 0.2) is 53.4 Å². The summed E-state index contributed by atoms with van der Waals surface area (Å²) in [6, 6.07) is 15.7. The Morgan fingerprint density at radius 2 is 1.75 bits per heavy atom. The van der Waals surface area contributed by atoms with Crippen LogP contribution in [0.3, 0.4) is 0 Å². The number of ether oxygens (including phenoxy) is 2. The summed E-state index contributed by atoms with van der Waals surface area (Å²) in [5.74, 6) is 1.52. The Morgan fingerprint density at radius 1 is 1.04 bits per heavy atom. The van der Waals surface area contributed by atoms with Crippen molar-refractivity contribution in [2.24, 2.45) is 0 Å². The summed E-state index contributed by atoms with van der Waals surface area (Å²) in [4.78, 5) is 13.5. The average Bonchev–Trinajstić information content (AvgIpc) is 2.62. The van der Waals surface area contributed by atoms with Gasteiger partial charge in [0.05, 0.1) is 11.3 Å². The number of thioether (sulfide) groups is 1. The van der Waals surface area contributed by atoms with E-state index in [4.69, 9.17) is 9.47 Å². The van der Waals surface area contributed by atoms with Gasteiger partial charge in [0.1, 0.15) is 13.2 Å². The molecule has 0 saturated carbocycles. The molecule has 126 valence electrons. The van der Waals surface area contributed by atoms with Crippen molar-refractivity contribution in [1.82, 2.24) is 5.32 Å². The summed E-state index contributed by atoms with van der Waals surface area (Å²) in [6.45, 7) is 5.03. The van der Waals surface area contributed by atoms with Crippen molar-refractivity contribution in [3.63, 3.8) is 0 Å². The molecule has 2 aromatic rings. The predicted molar refractivity (Wildman–Crippen MR) is 95.8 cm³/mol. The molecule has 0 radical (unpaired) electrons. The Balaban J connectivity index is 1.61. The van der Waals surface area contributed by atoms with Gasteiger partial charge in [-0.15, -0.1) is 11.8 Å². The van der Waals surface area contributed by atoms with Crippen LogP contribution in [0, 0.1) is 0 Å². The number of carbonyl (C=O) groups is 1. The molecule has 1 aliphatic rings. The van der Waals surface area contributed by atoms with Crippen molar-refractivity contribution >= 4 is 17.7 Å². The van der Waals surface area contributed by atoms with Crippen LogP contribution in [0.1, 0.15) is 25.5 Å². The van der Waals surface area contributed by atoms with E-state index >= 15 is 0 Å². The Kier molecular flexibility index (Phi) is 5.30. The first-order valence-corrected chi connectivity index (χ1v) is 8.93. The van der Waals surface area contributed by atoms with Gasteiger partial charge in [-0.1, -0.05) is 24.3 Å². The number of fused-ring (bicyclic) bond motifs is 1. The van der Waals surface area contributed by atoms with E-state index in [-0.39, 0.29) is 17.2 Å². The number of benzene rings is 2.